The maximum Gasteiger partial charge on any atom is 0.225 e. The van der Waals surface area contributed by atoms with Crippen molar-refractivity contribution in [2.45, 2.75) is 18.9 Å². The van der Waals surface area contributed by atoms with Crippen LogP contribution in [0.4, 0.5) is 13.2 Å². The van der Waals surface area contributed by atoms with Gasteiger partial charge in [-0.05, 0) is 53.9 Å². The van der Waals surface area contributed by atoms with Gasteiger partial charge in [0.25, 0.3) is 0 Å². The molecule has 6 nitrogen and oxygen atoms in total. The number of rotatable bonds is 7. The molecule has 182 valence electrons. The topological polar surface area (TPSA) is 75.6 Å². The summed E-state index contributed by atoms with van der Waals surface area (Å²) in [7, 11) is 1.79. The lowest BCUT2D eigenvalue weighted by molar-refractivity contribution is -0.121. The summed E-state index contributed by atoms with van der Waals surface area (Å²) in [5.74, 6) is -2.15. The van der Waals surface area contributed by atoms with Crippen molar-refractivity contribution in [3.8, 4) is 11.1 Å². The van der Waals surface area contributed by atoms with Crippen LogP contribution in [0.1, 0.15) is 22.9 Å². The Morgan fingerprint density at radius 1 is 1.08 bits per heavy atom. The second kappa shape index (κ2) is 9.69. The number of benzene rings is 2. The maximum atomic E-state index is 13.9. The van der Waals surface area contributed by atoms with Gasteiger partial charge in [0.2, 0.25) is 5.91 Å². The Kier molecular flexibility index (Phi) is 6.28. The number of aryl methyl sites for hydroxylation is 1. The standard InChI is InChI=1S/C27H22F3N5O/c1-35-15-18(14-33-35)22-3-2-6-31-27(22)25(9-16-7-20(29)11-21(30)8-16)34-26(36)10-17-13-32-24-5-4-19(28)12-23(17)24/h2-8,11-15,25,32H,9-10H2,1H3,(H,34,36)/t25-/m0/s1. The third-order valence-electron chi connectivity index (χ3n) is 5.96. The van der Waals surface area contributed by atoms with E-state index >= 15 is 0 Å². The summed E-state index contributed by atoms with van der Waals surface area (Å²) in [5, 5.41) is 7.80. The molecule has 36 heavy (non-hydrogen) atoms. The number of nitrogens with zero attached hydrogens (tertiary/aromatic N) is 3. The van der Waals surface area contributed by atoms with Crippen LogP contribution in [0.25, 0.3) is 22.0 Å². The molecule has 5 rings (SSSR count). The molecule has 0 spiro atoms. The van der Waals surface area contributed by atoms with Gasteiger partial charge in [0.05, 0.1) is 24.4 Å². The molecule has 0 saturated carbocycles. The quantitative estimate of drug-likeness (QED) is 0.337. The third-order valence-corrected chi connectivity index (χ3v) is 5.96. The number of nitrogens with one attached hydrogen (secondary N) is 2. The molecule has 0 bridgehead atoms. The molecule has 5 aromatic rings. The highest BCUT2D eigenvalue weighted by Crippen LogP contribution is 2.29. The van der Waals surface area contributed by atoms with Gasteiger partial charge in [0.1, 0.15) is 17.5 Å². The number of carbonyl (C=O) groups is 1. The summed E-state index contributed by atoms with van der Waals surface area (Å²) >= 11 is 0. The van der Waals surface area contributed by atoms with Crippen molar-refractivity contribution in [3.63, 3.8) is 0 Å². The lowest BCUT2D eigenvalue weighted by Crippen LogP contribution is -2.32. The Labute approximate surface area is 204 Å². The molecule has 0 aliphatic carbocycles. The van der Waals surface area contributed by atoms with Crippen molar-refractivity contribution in [3.05, 3.63) is 108 Å². The second-order valence-electron chi connectivity index (χ2n) is 8.62. The molecule has 1 atom stereocenters. The van der Waals surface area contributed by atoms with E-state index in [0.29, 0.717) is 22.2 Å². The van der Waals surface area contributed by atoms with Crippen LogP contribution in [0, 0.1) is 17.5 Å². The molecule has 3 heterocycles. The Morgan fingerprint density at radius 3 is 2.64 bits per heavy atom. The van der Waals surface area contributed by atoms with E-state index in [9.17, 15) is 18.0 Å². The van der Waals surface area contributed by atoms with Gasteiger partial charge in [-0.1, -0.05) is 6.07 Å². The fourth-order valence-corrected chi connectivity index (χ4v) is 4.40. The first-order valence-electron chi connectivity index (χ1n) is 11.3. The molecule has 0 fully saturated rings. The van der Waals surface area contributed by atoms with Crippen LogP contribution >= 0.6 is 0 Å². The fraction of sp³-hybridized carbons (Fsp3) is 0.148. The molecule has 1 amide bonds. The third kappa shape index (κ3) is 5.00. The lowest BCUT2D eigenvalue weighted by Gasteiger charge is -2.21. The minimum Gasteiger partial charge on any atom is -0.361 e. The van der Waals surface area contributed by atoms with Crippen molar-refractivity contribution in [2.75, 3.05) is 0 Å². The summed E-state index contributed by atoms with van der Waals surface area (Å²) in [6.45, 7) is 0. The van der Waals surface area contributed by atoms with Crippen molar-refractivity contribution >= 4 is 16.8 Å². The summed E-state index contributed by atoms with van der Waals surface area (Å²) in [4.78, 5) is 20.7. The van der Waals surface area contributed by atoms with Gasteiger partial charge in [-0.15, -0.1) is 0 Å². The molecule has 9 heteroatoms. The van der Waals surface area contributed by atoms with Crippen LogP contribution in [0.2, 0.25) is 0 Å². The van der Waals surface area contributed by atoms with Crippen molar-refractivity contribution in [1.29, 1.82) is 0 Å². The van der Waals surface area contributed by atoms with E-state index in [2.05, 4.69) is 20.4 Å². The minimum atomic E-state index is -0.704. The summed E-state index contributed by atoms with van der Waals surface area (Å²) in [5.41, 5.74) is 3.78. The normalized spacial score (nSPS) is 12.1. The zero-order valence-electron chi connectivity index (χ0n) is 19.3. The number of fused-ring (bicyclic) bond motifs is 1. The molecule has 0 aliphatic heterocycles. The number of hydrogen-bond acceptors (Lipinski definition) is 3. The van der Waals surface area contributed by atoms with Crippen molar-refractivity contribution < 1.29 is 18.0 Å². The second-order valence-corrected chi connectivity index (χ2v) is 8.62. The maximum absolute atomic E-state index is 13.9. The van der Waals surface area contributed by atoms with Gasteiger partial charge in [-0.25, -0.2) is 13.2 Å². The summed E-state index contributed by atoms with van der Waals surface area (Å²) in [6.07, 6.45) is 6.86. The number of amides is 1. The van der Waals surface area contributed by atoms with Crippen molar-refractivity contribution in [1.82, 2.24) is 25.1 Å². The number of halogens is 3. The molecule has 0 saturated heterocycles. The van der Waals surface area contributed by atoms with E-state index in [0.717, 1.165) is 22.7 Å². The van der Waals surface area contributed by atoms with Gasteiger partial charge >= 0.3 is 0 Å². The SMILES string of the molecule is Cn1cc(-c2cccnc2[C@H](Cc2cc(F)cc(F)c2)NC(=O)Cc2c[nH]c3ccc(F)cc23)cn1. The van der Waals surface area contributed by atoms with Crippen LogP contribution in [0.15, 0.2) is 73.3 Å². The van der Waals surface area contributed by atoms with Crippen molar-refractivity contribution in [2.24, 2.45) is 7.05 Å². The first-order valence-corrected chi connectivity index (χ1v) is 11.3. The molecule has 2 aromatic carbocycles. The first-order chi connectivity index (χ1) is 17.4. The predicted octanol–water partition coefficient (Wildman–Crippen LogP) is 5.02. The van der Waals surface area contributed by atoms with Gasteiger partial charge < -0.3 is 10.3 Å². The Balaban J connectivity index is 1.49. The van der Waals surface area contributed by atoms with Gasteiger partial charge in [-0.3, -0.25) is 14.5 Å². The van der Waals surface area contributed by atoms with E-state index in [1.54, 1.807) is 42.5 Å². The van der Waals surface area contributed by atoms with Gasteiger partial charge in [0.15, 0.2) is 0 Å². The Morgan fingerprint density at radius 2 is 1.89 bits per heavy atom. The highest BCUT2D eigenvalue weighted by atomic mass is 19.1. The van der Waals surface area contributed by atoms with E-state index in [1.807, 2.05) is 12.3 Å². The van der Waals surface area contributed by atoms with Crippen LogP contribution < -0.4 is 5.32 Å². The molecule has 0 aliphatic rings. The van der Waals surface area contributed by atoms with Gasteiger partial charge in [0, 0.05) is 53.7 Å². The number of pyridine rings is 1. The number of aromatic nitrogens is 4. The number of aromatic amines is 1. The van der Waals surface area contributed by atoms with E-state index in [-0.39, 0.29) is 18.7 Å². The summed E-state index contributed by atoms with van der Waals surface area (Å²) < 4.78 is 43.3. The average molecular weight is 490 g/mol. The zero-order chi connectivity index (χ0) is 25.2. The van der Waals surface area contributed by atoms with E-state index in [1.165, 1.54) is 24.3 Å². The monoisotopic (exact) mass is 489 g/mol. The van der Waals surface area contributed by atoms with Crippen LogP contribution in [-0.2, 0) is 24.7 Å². The number of carbonyl (C=O) groups excluding carboxylic acids is 1. The molecular formula is C27H22F3N5O. The highest BCUT2D eigenvalue weighted by molar-refractivity contribution is 5.89. The smallest absolute Gasteiger partial charge is 0.225 e. The number of H-pyrrole nitrogens is 1. The summed E-state index contributed by atoms with van der Waals surface area (Å²) in [6, 6.07) is 10.5. The Bertz CT molecular complexity index is 1540. The highest BCUT2D eigenvalue weighted by Gasteiger charge is 2.22. The van der Waals surface area contributed by atoms with Gasteiger partial charge in [-0.2, -0.15) is 5.10 Å². The molecule has 0 unspecified atom stereocenters. The molecule has 0 radical (unpaired) electrons. The molecule has 2 N–H and O–H groups in total. The fourth-order valence-electron chi connectivity index (χ4n) is 4.40. The predicted molar refractivity (Wildman–Crippen MR) is 129 cm³/mol. The average Bonchev–Trinajstić information content (AvgIpc) is 3.44. The molecule has 3 aromatic heterocycles. The first kappa shape index (κ1) is 23.3. The van der Waals surface area contributed by atoms with E-state index < -0.39 is 23.5 Å². The zero-order valence-corrected chi connectivity index (χ0v) is 19.3. The Hall–Kier alpha value is -4.40. The van der Waals surface area contributed by atoms with Crippen LogP contribution in [0.3, 0.4) is 0 Å². The largest absolute Gasteiger partial charge is 0.361 e. The lowest BCUT2D eigenvalue weighted by atomic mass is 9.96. The van der Waals surface area contributed by atoms with Crippen LogP contribution in [0.5, 0.6) is 0 Å². The molecular weight excluding hydrogens is 467 g/mol. The van der Waals surface area contributed by atoms with E-state index in [4.69, 9.17) is 0 Å². The van der Waals surface area contributed by atoms with Crippen LogP contribution in [-0.4, -0.2) is 25.7 Å². The minimum absolute atomic E-state index is 0.0213. The number of hydrogen-bond donors (Lipinski definition) is 2.